The molecule has 7 heteroatoms. The summed E-state index contributed by atoms with van der Waals surface area (Å²) < 4.78 is 26.6. The summed E-state index contributed by atoms with van der Waals surface area (Å²) in [5, 5.41) is 6.29. The molecule has 1 saturated heterocycles. The zero-order valence-corrected chi connectivity index (χ0v) is 12.5. The molecule has 0 aliphatic carbocycles. The molecule has 3 heterocycles. The van der Waals surface area contributed by atoms with Crippen molar-refractivity contribution in [2.24, 2.45) is 5.92 Å². The number of nitrogens with one attached hydrogen (secondary N) is 1. The summed E-state index contributed by atoms with van der Waals surface area (Å²) in [6.07, 6.45) is 9.20. The van der Waals surface area contributed by atoms with Crippen molar-refractivity contribution in [3.05, 3.63) is 42.5 Å². The lowest BCUT2D eigenvalue weighted by atomic mass is 9.93. The molecule has 0 bridgehead atoms. The fraction of sp³-hybridized carbons (Fsp3) is 0.429. The average Bonchev–Trinajstić information content (AvgIpc) is 3.04. The van der Waals surface area contributed by atoms with Crippen LogP contribution in [-0.2, 0) is 16.4 Å². The smallest absolute Gasteiger partial charge is 0.246 e. The minimum atomic E-state index is -3.42. The molecule has 6 nitrogen and oxygen atoms in total. The van der Waals surface area contributed by atoms with Crippen LogP contribution in [0.4, 0.5) is 0 Å². The predicted molar refractivity (Wildman–Crippen MR) is 78.0 cm³/mol. The van der Waals surface area contributed by atoms with Gasteiger partial charge in [-0.3, -0.25) is 10.1 Å². The van der Waals surface area contributed by atoms with E-state index in [0.717, 1.165) is 24.8 Å². The van der Waals surface area contributed by atoms with Gasteiger partial charge in [0.2, 0.25) is 10.0 Å². The van der Waals surface area contributed by atoms with E-state index in [1.807, 2.05) is 18.3 Å². The molecule has 1 aliphatic rings. The number of aromatic amines is 1. The van der Waals surface area contributed by atoms with E-state index in [1.54, 1.807) is 10.5 Å². The van der Waals surface area contributed by atoms with Crippen LogP contribution in [0.5, 0.6) is 0 Å². The van der Waals surface area contributed by atoms with Gasteiger partial charge in [0, 0.05) is 31.7 Å². The summed E-state index contributed by atoms with van der Waals surface area (Å²) in [7, 11) is -3.42. The van der Waals surface area contributed by atoms with Crippen LogP contribution in [0.1, 0.15) is 18.4 Å². The SMILES string of the molecule is O=S(=O)(c1cn[nH]c1)N1CCC[C@@H](Cc2cccnc2)C1. The Morgan fingerprint density at radius 1 is 1.38 bits per heavy atom. The zero-order chi connectivity index (χ0) is 14.7. The van der Waals surface area contributed by atoms with Crippen LogP contribution in [0, 0.1) is 5.92 Å². The maximum atomic E-state index is 12.5. The van der Waals surface area contributed by atoms with Gasteiger partial charge in [0.15, 0.2) is 0 Å². The molecule has 1 fully saturated rings. The number of hydrogen-bond acceptors (Lipinski definition) is 4. The lowest BCUT2D eigenvalue weighted by Crippen LogP contribution is -2.40. The van der Waals surface area contributed by atoms with E-state index in [0.29, 0.717) is 19.0 Å². The number of sulfonamides is 1. The van der Waals surface area contributed by atoms with Gasteiger partial charge >= 0.3 is 0 Å². The van der Waals surface area contributed by atoms with E-state index < -0.39 is 10.0 Å². The summed E-state index contributed by atoms with van der Waals surface area (Å²) in [4.78, 5) is 4.35. The first-order chi connectivity index (χ1) is 10.2. The molecule has 0 aromatic carbocycles. The van der Waals surface area contributed by atoms with Crippen molar-refractivity contribution >= 4 is 10.0 Å². The molecule has 0 amide bonds. The van der Waals surface area contributed by atoms with Gasteiger partial charge in [-0.2, -0.15) is 9.40 Å². The molecule has 112 valence electrons. The maximum Gasteiger partial charge on any atom is 0.246 e. The zero-order valence-electron chi connectivity index (χ0n) is 11.6. The lowest BCUT2D eigenvalue weighted by molar-refractivity contribution is 0.265. The second kappa shape index (κ2) is 5.95. The molecule has 1 atom stereocenters. The third-order valence-electron chi connectivity index (χ3n) is 3.84. The van der Waals surface area contributed by atoms with Gasteiger partial charge in [0.25, 0.3) is 0 Å². The number of piperidine rings is 1. The minimum absolute atomic E-state index is 0.240. The molecular formula is C14H18N4O2S. The minimum Gasteiger partial charge on any atom is -0.284 e. The average molecular weight is 306 g/mol. The van der Waals surface area contributed by atoms with Crippen LogP contribution in [0.2, 0.25) is 0 Å². The monoisotopic (exact) mass is 306 g/mol. The normalized spacial score (nSPS) is 20.5. The maximum absolute atomic E-state index is 12.5. The van der Waals surface area contributed by atoms with Crippen molar-refractivity contribution in [3.8, 4) is 0 Å². The third-order valence-corrected chi connectivity index (χ3v) is 5.67. The molecule has 3 rings (SSSR count). The largest absolute Gasteiger partial charge is 0.284 e. The van der Waals surface area contributed by atoms with Crippen LogP contribution in [0.25, 0.3) is 0 Å². The molecule has 0 saturated carbocycles. The van der Waals surface area contributed by atoms with Gasteiger partial charge in [-0.05, 0) is 36.8 Å². The highest BCUT2D eigenvalue weighted by molar-refractivity contribution is 7.89. The Morgan fingerprint density at radius 2 is 2.29 bits per heavy atom. The van der Waals surface area contributed by atoms with Crippen molar-refractivity contribution in [1.82, 2.24) is 19.5 Å². The fourth-order valence-electron chi connectivity index (χ4n) is 2.79. The molecule has 2 aromatic rings. The van der Waals surface area contributed by atoms with Gasteiger partial charge in [-0.1, -0.05) is 6.07 Å². The number of hydrogen-bond donors (Lipinski definition) is 1. The topological polar surface area (TPSA) is 79.0 Å². The van der Waals surface area contributed by atoms with Crippen LogP contribution in [0.3, 0.4) is 0 Å². The Labute approximate surface area is 124 Å². The first kappa shape index (κ1) is 14.2. The summed E-state index contributed by atoms with van der Waals surface area (Å²) in [5.41, 5.74) is 1.16. The Kier molecular flexibility index (Phi) is 4.03. The molecule has 0 spiro atoms. The van der Waals surface area contributed by atoms with Gasteiger partial charge in [0.1, 0.15) is 4.90 Å². The van der Waals surface area contributed by atoms with Gasteiger partial charge < -0.3 is 0 Å². The predicted octanol–water partition coefficient (Wildman–Crippen LogP) is 1.45. The highest BCUT2D eigenvalue weighted by Gasteiger charge is 2.30. The Bertz CT molecular complexity index is 670. The van der Waals surface area contributed by atoms with Crippen LogP contribution in [-0.4, -0.2) is 41.0 Å². The van der Waals surface area contributed by atoms with Crippen molar-refractivity contribution < 1.29 is 8.42 Å². The second-order valence-corrected chi connectivity index (χ2v) is 7.31. The first-order valence-corrected chi connectivity index (χ1v) is 8.48. The number of rotatable bonds is 4. The van der Waals surface area contributed by atoms with E-state index in [4.69, 9.17) is 0 Å². The summed E-state index contributed by atoms with van der Waals surface area (Å²) in [6, 6.07) is 3.95. The molecule has 1 aliphatic heterocycles. The van der Waals surface area contributed by atoms with E-state index in [2.05, 4.69) is 15.2 Å². The van der Waals surface area contributed by atoms with Crippen molar-refractivity contribution in [2.45, 2.75) is 24.2 Å². The Morgan fingerprint density at radius 3 is 3.00 bits per heavy atom. The molecule has 0 unspecified atom stereocenters. The fourth-order valence-corrected chi connectivity index (χ4v) is 4.26. The van der Waals surface area contributed by atoms with Gasteiger partial charge in [0.05, 0.1) is 6.20 Å². The van der Waals surface area contributed by atoms with E-state index >= 15 is 0 Å². The van der Waals surface area contributed by atoms with Crippen molar-refractivity contribution in [1.29, 1.82) is 0 Å². The van der Waals surface area contributed by atoms with Gasteiger partial charge in [-0.15, -0.1) is 0 Å². The second-order valence-electron chi connectivity index (χ2n) is 5.37. The first-order valence-electron chi connectivity index (χ1n) is 7.04. The molecule has 1 N–H and O–H groups in total. The number of H-pyrrole nitrogens is 1. The van der Waals surface area contributed by atoms with E-state index in [1.165, 1.54) is 12.4 Å². The molecule has 2 aromatic heterocycles. The number of aromatic nitrogens is 3. The lowest BCUT2D eigenvalue weighted by Gasteiger charge is -2.31. The van der Waals surface area contributed by atoms with Crippen LogP contribution in [0.15, 0.2) is 41.8 Å². The van der Waals surface area contributed by atoms with Gasteiger partial charge in [-0.25, -0.2) is 8.42 Å². The molecular weight excluding hydrogens is 288 g/mol. The summed E-state index contributed by atoms with van der Waals surface area (Å²) >= 11 is 0. The van der Waals surface area contributed by atoms with Crippen LogP contribution < -0.4 is 0 Å². The standard InChI is InChI=1S/C14H18N4O2S/c19-21(20,14-9-16-17-10-14)18-6-2-4-13(11-18)7-12-3-1-5-15-8-12/h1,3,5,8-10,13H,2,4,6-7,11H2,(H,16,17)/t13-/m0/s1. The highest BCUT2D eigenvalue weighted by Crippen LogP contribution is 2.25. The number of nitrogens with zero attached hydrogens (tertiary/aromatic N) is 3. The van der Waals surface area contributed by atoms with E-state index in [-0.39, 0.29) is 4.90 Å². The summed E-state index contributed by atoms with van der Waals surface area (Å²) in [5.74, 6) is 0.338. The molecule has 0 radical (unpaired) electrons. The third kappa shape index (κ3) is 3.14. The van der Waals surface area contributed by atoms with Crippen LogP contribution >= 0.6 is 0 Å². The Hall–Kier alpha value is -1.73. The number of pyridine rings is 1. The summed E-state index contributed by atoms with van der Waals surface area (Å²) in [6.45, 7) is 1.14. The van der Waals surface area contributed by atoms with Crippen molar-refractivity contribution in [3.63, 3.8) is 0 Å². The Balaban J connectivity index is 1.71. The quantitative estimate of drug-likeness (QED) is 0.927. The highest BCUT2D eigenvalue weighted by atomic mass is 32.2. The van der Waals surface area contributed by atoms with Crippen molar-refractivity contribution in [2.75, 3.05) is 13.1 Å². The molecule has 21 heavy (non-hydrogen) atoms. The van der Waals surface area contributed by atoms with E-state index in [9.17, 15) is 8.42 Å².